The first-order valence-corrected chi connectivity index (χ1v) is 5.99. The predicted octanol–water partition coefficient (Wildman–Crippen LogP) is 3.59. The van der Waals surface area contributed by atoms with Gasteiger partial charge in [-0.3, -0.25) is 0 Å². The van der Waals surface area contributed by atoms with Crippen LogP contribution in [0.1, 0.15) is 13.8 Å². The Morgan fingerprint density at radius 3 is 2.63 bits per heavy atom. The fraction of sp³-hybridized carbons (Fsp3) is 0.231. The Morgan fingerprint density at radius 1 is 1.26 bits per heavy atom. The van der Waals surface area contributed by atoms with Gasteiger partial charge in [-0.25, -0.2) is 9.97 Å². The maximum Gasteiger partial charge on any atom is 0.165 e. The lowest BCUT2D eigenvalue weighted by molar-refractivity contribution is 0.243. The zero-order valence-corrected chi connectivity index (χ0v) is 12.2. The maximum absolute atomic E-state index is 6.00. The second kappa shape index (κ2) is 6.59. The predicted molar refractivity (Wildman–Crippen MR) is 79.9 cm³/mol. The summed E-state index contributed by atoms with van der Waals surface area (Å²) in [6, 6.07) is 6.99. The smallest absolute Gasteiger partial charge is 0.165 e. The highest BCUT2D eigenvalue weighted by Crippen LogP contribution is 2.31. The molecule has 0 atom stereocenters. The number of benzene rings is 1. The summed E-state index contributed by atoms with van der Waals surface area (Å²) >= 11 is 6.00. The van der Waals surface area contributed by atoms with Gasteiger partial charge in [-0.1, -0.05) is 11.6 Å². The third kappa shape index (κ3) is 3.98. The second-order valence-corrected chi connectivity index (χ2v) is 4.55. The van der Waals surface area contributed by atoms with E-state index in [4.69, 9.17) is 22.1 Å². The molecule has 0 spiro atoms. The molecule has 0 bridgehead atoms. The fourth-order valence-electron chi connectivity index (χ4n) is 1.54. The molecule has 2 N–H and O–H groups in total. The van der Waals surface area contributed by atoms with Crippen LogP contribution in [0.4, 0.5) is 5.82 Å². The first-order valence-electron chi connectivity index (χ1n) is 5.61. The highest BCUT2D eigenvalue weighted by molar-refractivity contribution is 6.30. The zero-order valence-electron chi connectivity index (χ0n) is 10.6. The van der Waals surface area contributed by atoms with E-state index in [9.17, 15) is 0 Å². The molecule has 19 heavy (non-hydrogen) atoms. The standard InChI is InChI=1S/C13H14ClN3O.ClH/c1-8(2)18-11-4-3-9(14)7-10(11)13-16-6-5-12(15)17-13;/h3-8H,1-2H3,(H2,15,16,17);1H. The molecular weight excluding hydrogens is 285 g/mol. The van der Waals surface area contributed by atoms with Crippen LogP contribution in [0.2, 0.25) is 5.02 Å². The highest BCUT2D eigenvalue weighted by Gasteiger charge is 2.11. The Labute approximate surface area is 123 Å². The molecule has 0 saturated carbocycles. The number of rotatable bonds is 3. The molecule has 4 nitrogen and oxygen atoms in total. The molecule has 102 valence electrons. The summed E-state index contributed by atoms with van der Waals surface area (Å²) < 4.78 is 5.72. The Balaban J connectivity index is 0.00000180. The molecule has 2 aromatic rings. The summed E-state index contributed by atoms with van der Waals surface area (Å²) in [7, 11) is 0. The van der Waals surface area contributed by atoms with Crippen molar-refractivity contribution >= 4 is 29.8 Å². The normalized spacial score (nSPS) is 10.1. The molecule has 2 rings (SSSR count). The fourth-order valence-corrected chi connectivity index (χ4v) is 1.71. The Morgan fingerprint density at radius 2 is 2.00 bits per heavy atom. The molecule has 0 amide bonds. The molecule has 6 heteroatoms. The quantitative estimate of drug-likeness (QED) is 0.941. The third-order valence-electron chi connectivity index (χ3n) is 2.22. The lowest BCUT2D eigenvalue weighted by Crippen LogP contribution is -2.07. The molecule has 0 aliphatic rings. The van der Waals surface area contributed by atoms with E-state index in [1.165, 1.54) is 0 Å². The largest absolute Gasteiger partial charge is 0.490 e. The Bertz CT molecular complexity index is 561. The topological polar surface area (TPSA) is 61.0 Å². The van der Waals surface area contributed by atoms with Crippen LogP contribution in [-0.2, 0) is 0 Å². The van der Waals surface area contributed by atoms with Crippen molar-refractivity contribution in [1.29, 1.82) is 0 Å². The maximum atomic E-state index is 6.00. The van der Waals surface area contributed by atoms with Crippen LogP contribution in [0.25, 0.3) is 11.4 Å². The van der Waals surface area contributed by atoms with Crippen molar-refractivity contribution in [2.24, 2.45) is 0 Å². The summed E-state index contributed by atoms with van der Waals surface area (Å²) in [5, 5.41) is 0.604. The SMILES string of the molecule is CC(C)Oc1ccc(Cl)cc1-c1nccc(N)n1.Cl. The van der Waals surface area contributed by atoms with E-state index in [0.29, 0.717) is 22.4 Å². The minimum absolute atomic E-state index is 0. The average molecular weight is 300 g/mol. The van der Waals surface area contributed by atoms with Crippen molar-refractivity contribution in [3.8, 4) is 17.1 Å². The van der Waals surface area contributed by atoms with Gasteiger partial charge in [0, 0.05) is 11.2 Å². The van der Waals surface area contributed by atoms with Gasteiger partial charge in [0.25, 0.3) is 0 Å². The molecule has 0 unspecified atom stereocenters. The molecule has 0 fully saturated rings. The van der Waals surface area contributed by atoms with Crippen LogP contribution in [0.5, 0.6) is 5.75 Å². The van der Waals surface area contributed by atoms with Crippen LogP contribution in [0.15, 0.2) is 30.5 Å². The molecule has 1 aromatic heterocycles. The van der Waals surface area contributed by atoms with Gasteiger partial charge in [-0.05, 0) is 38.1 Å². The first-order chi connectivity index (χ1) is 8.56. The molecule has 0 aliphatic carbocycles. The van der Waals surface area contributed by atoms with E-state index in [0.717, 1.165) is 5.56 Å². The number of halogens is 2. The number of nitrogens with two attached hydrogens (primary N) is 1. The lowest BCUT2D eigenvalue weighted by atomic mass is 10.2. The number of aromatic nitrogens is 2. The number of hydrogen-bond acceptors (Lipinski definition) is 4. The summed E-state index contributed by atoms with van der Waals surface area (Å²) in [6.45, 7) is 3.91. The van der Waals surface area contributed by atoms with Gasteiger partial charge in [0.2, 0.25) is 0 Å². The first kappa shape index (κ1) is 15.5. The van der Waals surface area contributed by atoms with Gasteiger partial charge in [-0.15, -0.1) is 12.4 Å². The van der Waals surface area contributed by atoms with Crippen molar-refractivity contribution < 1.29 is 4.74 Å². The molecule has 0 saturated heterocycles. The minimum atomic E-state index is 0. The molecule has 1 aromatic carbocycles. The number of hydrogen-bond donors (Lipinski definition) is 1. The summed E-state index contributed by atoms with van der Waals surface area (Å²) in [4.78, 5) is 8.37. The molecular formula is C13H15Cl2N3O. The Hall–Kier alpha value is -1.52. The number of nitrogens with zero attached hydrogens (tertiary/aromatic N) is 2. The molecule has 0 radical (unpaired) electrons. The van der Waals surface area contributed by atoms with Crippen molar-refractivity contribution in [2.45, 2.75) is 20.0 Å². The van der Waals surface area contributed by atoms with Crippen LogP contribution in [-0.4, -0.2) is 16.1 Å². The van der Waals surface area contributed by atoms with E-state index >= 15 is 0 Å². The van der Waals surface area contributed by atoms with E-state index in [2.05, 4.69) is 9.97 Å². The average Bonchev–Trinajstić information content (AvgIpc) is 2.31. The number of nitrogen functional groups attached to an aromatic ring is 1. The zero-order chi connectivity index (χ0) is 13.1. The summed E-state index contributed by atoms with van der Waals surface area (Å²) in [5.41, 5.74) is 6.40. The highest BCUT2D eigenvalue weighted by atomic mass is 35.5. The van der Waals surface area contributed by atoms with Crippen LogP contribution in [0.3, 0.4) is 0 Å². The number of anilines is 1. The summed E-state index contributed by atoms with van der Waals surface area (Å²) in [6.07, 6.45) is 1.67. The van der Waals surface area contributed by atoms with E-state index < -0.39 is 0 Å². The minimum Gasteiger partial charge on any atom is -0.490 e. The monoisotopic (exact) mass is 299 g/mol. The second-order valence-electron chi connectivity index (χ2n) is 4.11. The van der Waals surface area contributed by atoms with Gasteiger partial charge < -0.3 is 10.5 Å². The molecule has 1 heterocycles. The van der Waals surface area contributed by atoms with E-state index in [-0.39, 0.29) is 18.5 Å². The van der Waals surface area contributed by atoms with Gasteiger partial charge in [-0.2, -0.15) is 0 Å². The van der Waals surface area contributed by atoms with Crippen LogP contribution >= 0.6 is 24.0 Å². The third-order valence-corrected chi connectivity index (χ3v) is 2.46. The van der Waals surface area contributed by atoms with Crippen molar-refractivity contribution in [3.05, 3.63) is 35.5 Å². The van der Waals surface area contributed by atoms with Crippen LogP contribution < -0.4 is 10.5 Å². The van der Waals surface area contributed by atoms with Crippen molar-refractivity contribution in [1.82, 2.24) is 9.97 Å². The van der Waals surface area contributed by atoms with Gasteiger partial charge in [0.05, 0.1) is 11.7 Å². The van der Waals surface area contributed by atoms with Crippen molar-refractivity contribution in [3.63, 3.8) is 0 Å². The molecule has 0 aliphatic heterocycles. The lowest BCUT2D eigenvalue weighted by Gasteiger charge is -2.13. The van der Waals surface area contributed by atoms with Crippen LogP contribution in [0, 0.1) is 0 Å². The van der Waals surface area contributed by atoms with E-state index in [1.54, 1.807) is 24.4 Å². The van der Waals surface area contributed by atoms with Gasteiger partial charge in [0.1, 0.15) is 11.6 Å². The number of ether oxygens (including phenoxy) is 1. The summed E-state index contributed by atoms with van der Waals surface area (Å²) in [5.74, 6) is 1.61. The van der Waals surface area contributed by atoms with Gasteiger partial charge in [0.15, 0.2) is 5.82 Å². The van der Waals surface area contributed by atoms with E-state index in [1.807, 2.05) is 19.9 Å². The van der Waals surface area contributed by atoms with Gasteiger partial charge >= 0.3 is 0 Å². The Kier molecular flexibility index (Phi) is 5.39. The van der Waals surface area contributed by atoms with Crippen molar-refractivity contribution in [2.75, 3.05) is 5.73 Å².